The molecule has 2 aromatic heterocycles. The van der Waals surface area contributed by atoms with E-state index in [0.29, 0.717) is 68.8 Å². The number of rotatable bonds is 3. The van der Waals surface area contributed by atoms with Gasteiger partial charge in [0.25, 0.3) is 5.91 Å². The molecule has 1 amide bonds. The summed E-state index contributed by atoms with van der Waals surface area (Å²) >= 11 is 0. The Hall–Kier alpha value is -3.73. The fourth-order valence-electron chi connectivity index (χ4n) is 5.42. The van der Waals surface area contributed by atoms with E-state index in [1.807, 2.05) is 28.3 Å². The van der Waals surface area contributed by atoms with Gasteiger partial charge in [-0.1, -0.05) is 0 Å². The van der Waals surface area contributed by atoms with Crippen LogP contribution in [0, 0.1) is 5.82 Å². The molecule has 5 heterocycles. The zero-order valence-corrected chi connectivity index (χ0v) is 21.1. The second-order valence-corrected chi connectivity index (χ2v) is 9.99. The molecule has 2 saturated heterocycles. The molecule has 2 fully saturated rings. The van der Waals surface area contributed by atoms with E-state index in [0.717, 1.165) is 13.1 Å². The maximum atomic E-state index is 15.6. The number of benzene rings is 1. The number of aromatic nitrogens is 3. The number of hydrogen-bond donors (Lipinski definition) is 0. The highest BCUT2D eigenvalue weighted by atomic mass is 19.1. The number of amides is 1. The molecule has 0 saturated carbocycles. The summed E-state index contributed by atoms with van der Waals surface area (Å²) in [5.41, 5.74) is 0.553. The van der Waals surface area contributed by atoms with Crippen molar-refractivity contribution in [1.29, 1.82) is 0 Å². The second-order valence-electron chi connectivity index (χ2n) is 9.99. The van der Waals surface area contributed by atoms with Crippen molar-refractivity contribution in [2.24, 2.45) is 0 Å². The molecule has 3 aliphatic heterocycles. The number of hydrogen-bond acceptors (Lipinski definition) is 8. The van der Waals surface area contributed by atoms with Gasteiger partial charge in [-0.3, -0.25) is 9.59 Å². The maximum Gasteiger partial charge on any atom is 0.259 e. The van der Waals surface area contributed by atoms with E-state index in [1.54, 1.807) is 29.6 Å². The summed E-state index contributed by atoms with van der Waals surface area (Å²) in [6, 6.07) is 2.94. The summed E-state index contributed by atoms with van der Waals surface area (Å²) in [6.45, 7) is 7.29. The lowest BCUT2D eigenvalue weighted by Crippen LogP contribution is -2.50. The summed E-state index contributed by atoms with van der Waals surface area (Å²) < 4.78 is 23.5. The lowest BCUT2D eigenvalue weighted by atomic mass is 10.0. The number of halogens is 1. The number of carbonyl (C=O) groups excluding carboxylic acids is 1. The van der Waals surface area contributed by atoms with Gasteiger partial charge in [-0.2, -0.15) is 0 Å². The highest BCUT2D eigenvalue weighted by Gasteiger charge is 2.32. The molecule has 0 spiro atoms. The molecule has 0 radical (unpaired) electrons. The van der Waals surface area contributed by atoms with Crippen LogP contribution >= 0.6 is 0 Å². The third kappa shape index (κ3) is 4.07. The van der Waals surface area contributed by atoms with Crippen LogP contribution in [0.5, 0.6) is 5.75 Å². The smallest absolute Gasteiger partial charge is 0.259 e. The Morgan fingerprint density at radius 1 is 1.03 bits per heavy atom. The summed E-state index contributed by atoms with van der Waals surface area (Å²) in [5.74, 6) is 0.183. The molecule has 0 bridgehead atoms. The van der Waals surface area contributed by atoms with Crippen LogP contribution in [0.25, 0.3) is 10.9 Å². The Bertz CT molecular complexity index is 1400. The van der Waals surface area contributed by atoms with E-state index < -0.39 is 11.2 Å². The van der Waals surface area contributed by atoms with Gasteiger partial charge in [-0.25, -0.2) is 14.4 Å². The Morgan fingerprint density at radius 3 is 2.41 bits per heavy atom. The first-order valence-electron chi connectivity index (χ1n) is 12.7. The van der Waals surface area contributed by atoms with Gasteiger partial charge in [0.2, 0.25) is 11.4 Å². The molecular formula is C26H30FN7O3. The van der Waals surface area contributed by atoms with Gasteiger partial charge in [0.1, 0.15) is 17.9 Å². The van der Waals surface area contributed by atoms with Crippen molar-refractivity contribution >= 4 is 28.4 Å². The molecular weight excluding hydrogens is 477 g/mol. The fourth-order valence-corrected chi connectivity index (χ4v) is 5.42. The van der Waals surface area contributed by atoms with Crippen molar-refractivity contribution in [2.45, 2.75) is 13.0 Å². The van der Waals surface area contributed by atoms with Gasteiger partial charge in [0.05, 0.1) is 16.9 Å². The van der Waals surface area contributed by atoms with E-state index in [2.05, 4.69) is 14.9 Å². The number of anilines is 2. The predicted molar refractivity (Wildman–Crippen MR) is 138 cm³/mol. The largest absolute Gasteiger partial charge is 0.487 e. The average Bonchev–Trinajstić information content (AvgIpc) is 2.92. The molecule has 10 nitrogen and oxygen atoms in total. The van der Waals surface area contributed by atoms with Gasteiger partial charge in [0, 0.05) is 70.9 Å². The summed E-state index contributed by atoms with van der Waals surface area (Å²) in [6.07, 6.45) is 5.02. The van der Waals surface area contributed by atoms with Crippen LogP contribution in [0.3, 0.4) is 0 Å². The zero-order valence-electron chi connectivity index (χ0n) is 21.1. The predicted octanol–water partition coefficient (Wildman–Crippen LogP) is 1.60. The molecule has 1 atom stereocenters. The van der Waals surface area contributed by atoms with Crippen molar-refractivity contribution in [3.8, 4) is 5.75 Å². The quantitative estimate of drug-likeness (QED) is 0.529. The highest BCUT2D eigenvalue weighted by molar-refractivity contribution is 6.00. The van der Waals surface area contributed by atoms with Crippen LogP contribution in [-0.4, -0.2) is 96.3 Å². The second kappa shape index (κ2) is 9.29. The van der Waals surface area contributed by atoms with E-state index in [9.17, 15) is 9.59 Å². The molecule has 11 heteroatoms. The van der Waals surface area contributed by atoms with Gasteiger partial charge >= 0.3 is 0 Å². The molecule has 37 heavy (non-hydrogen) atoms. The zero-order chi connectivity index (χ0) is 25.7. The van der Waals surface area contributed by atoms with E-state index in [1.165, 1.54) is 6.07 Å². The van der Waals surface area contributed by atoms with Crippen LogP contribution in [0.15, 0.2) is 35.5 Å². The van der Waals surface area contributed by atoms with Crippen LogP contribution in [0.1, 0.15) is 23.3 Å². The molecule has 194 valence electrons. The minimum atomic E-state index is -0.494. The molecule has 0 N–H and O–H groups in total. The Balaban J connectivity index is 1.35. The fraction of sp³-hybridized carbons (Fsp3) is 0.462. The Labute approximate surface area is 213 Å². The van der Waals surface area contributed by atoms with Crippen molar-refractivity contribution in [3.05, 3.63) is 52.3 Å². The lowest BCUT2D eigenvalue weighted by molar-refractivity contribution is 0.0744. The van der Waals surface area contributed by atoms with Crippen molar-refractivity contribution in [1.82, 2.24) is 24.3 Å². The molecule has 0 unspecified atom stereocenters. The van der Waals surface area contributed by atoms with Crippen LogP contribution < -0.4 is 20.0 Å². The van der Waals surface area contributed by atoms with Crippen LogP contribution in [0.2, 0.25) is 0 Å². The van der Waals surface area contributed by atoms with Crippen molar-refractivity contribution in [2.75, 3.05) is 75.8 Å². The summed E-state index contributed by atoms with van der Waals surface area (Å²) in [5, 5.41) is 0.180. The summed E-state index contributed by atoms with van der Waals surface area (Å²) in [7, 11) is 2.04. The number of pyridine rings is 1. The first-order valence-corrected chi connectivity index (χ1v) is 12.7. The molecule has 3 aliphatic rings. The van der Waals surface area contributed by atoms with Gasteiger partial charge in [-0.15, -0.1) is 0 Å². The van der Waals surface area contributed by atoms with E-state index in [-0.39, 0.29) is 22.9 Å². The average molecular weight is 508 g/mol. The first kappa shape index (κ1) is 23.7. The topological polar surface area (TPSA) is 87.0 Å². The molecule has 3 aromatic rings. The normalized spacial score (nSPS) is 20.3. The standard InChI is InChI=1S/C26H30FN7O3/c1-17-16-37-24-21-18(14-20(27)22(24)31-8-6-30(2)7-9-31)23(35)19(15-34(17)21)25(36)32-10-12-33(13-11-32)26-28-4-3-5-29-26/h3-5,14-15,17H,6-13,16H2,1-2H3/t17-/m0/s1. The Kier molecular flexibility index (Phi) is 5.94. The van der Waals surface area contributed by atoms with Crippen molar-refractivity contribution in [3.63, 3.8) is 0 Å². The van der Waals surface area contributed by atoms with Gasteiger partial charge in [-0.05, 0) is 26.1 Å². The van der Waals surface area contributed by atoms with Gasteiger partial charge < -0.3 is 28.9 Å². The monoisotopic (exact) mass is 507 g/mol. The number of likely N-dealkylation sites (N-methyl/N-ethyl adjacent to an activating group) is 1. The Morgan fingerprint density at radius 2 is 1.70 bits per heavy atom. The number of carbonyl (C=O) groups is 1. The molecule has 1 aromatic carbocycles. The summed E-state index contributed by atoms with van der Waals surface area (Å²) in [4.78, 5) is 43.6. The molecule has 0 aliphatic carbocycles. The third-order valence-corrected chi connectivity index (χ3v) is 7.59. The number of piperazine rings is 2. The minimum absolute atomic E-state index is 0.0587. The van der Waals surface area contributed by atoms with Crippen LogP contribution in [-0.2, 0) is 0 Å². The maximum absolute atomic E-state index is 15.6. The molecule has 6 rings (SSSR count). The highest BCUT2D eigenvalue weighted by Crippen LogP contribution is 2.42. The van der Waals surface area contributed by atoms with E-state index in [4.69, 9.17) is 4.74 Å². The number of ether oxygens (including phenoxy) is 1. The van der Waals surface area contributed by atoms with E-state index >= 15 is 4.39 Å². The SMILES string of the molecule is C[C@H]1COc2c(N3CCN(C)CC3)c(F)cc3c(=O)c(C(=O)N4CCN(c5ncccn5)CC4)cn1c23. The lowest BCUT2D eigenvalue weighted by Gasteiger charge is -2.37. The first-order chi connectivity index (χ1) is 17.9. The van der Waals surface area contributed by atoms with Crippen molar-refractivity contribution < 1.29 is 13.9 Å². The number of nitrogens with zero attached hydrogens (tertiary/aromatic N) is 7. The van der Waals surface area contributed by atoms with Gasteiger partial charge in [0.15, 0.2) is 11.6 Å². The minimum Gasteiger partial charge on any atom is -0.487 e. The third-order valence-electron chi connectivity index (χ3n) is 7.59. The van der Waals surface area contributed by atoms with Crippen LogP contribution in [0.4, 0.5) is 16.0 Å².